The highest BCUT2D eigenvalue weighted by molar-refractivity contribution is 7.15. The van der Waals surface area contributed by atoms with E-state index in [1.54, 1.807) is 0 Å². The lowest BCUT2D eigenvalue weighted by Crippen LogP contribution is -2.42. The molecule has 7 heteroatoms. The van der Waals surface area contributed by atoms with E-state index in [9.17, 15) is 5.11 Å². The number of hydrogen-bond acceptors (Lipinski definition) is 6. The van der Waals surface area contributed by atoms with E-state index >= 15 is 0 Å². The average Bonchev–Trinajstić information content (AvgIpc) is 3.50. The Labute approximate surface area is 182 Å². The van der Waals surface area contributed by atoms with E-state index in [1.165, 1.54) is 29.3 Å². The Balaban J connectivity index is 0.000000687. The lowest BCUT2D eigenvalue weighted by atomic mass is 9.67. The van der Waals surface area contributed by atoms with Crippen molar-refractivity contribution in [3.05, 3.63) is 47.0 Å². The third kappa shape index (κ3) is 4.38. The van der Waals surface area contributed by atoms with Crippen LogP contribution in [0.1, 0.15) is 42.5 Å². The van der Waals surface area contributed by atoms with E-state index in [0.29, 0.717) is 11.8 Å². The van der Waals surface area contributed by atoms with Crippen molar-refractivity contribution in [2.45, 2.75) is 44.2 Å². The van der Waals surface area contributed by atoms with Crippen LogP contribution in [0.15, 0.2) is 36.5 Å². The molecule has 3 atom stereocenters. The van der Waals surface area contributed by atoms with E-state index in [-0.39, 0.29) is 6.47 Å². The number of hydrogen-bond donors (Lipinski definition) is 2. The van der Waals surface area contributed by atoms with E-state index in [4.69, 9.17) is 9.90 Å². The Kier molecular flexibility index (Phi) is 6.71. The average molecular weight is 430 g/mol. The number of likely N-dealkylation sites (tertiary alicyclic amines) is 1. The normalized spacial score (nSPS) is 28.6. The lowest BCUT2D eigenvalue weighted by molar-refractivity contribution is -0.122. The summed E-state index contributed by atoms with van der Waals surface area (Å²) in [5.74, 6) is 0.953. The molecular weight excluding hydrogens is 398 g/mol. The topological polar surface area (TPSA) is 76.9 Å². The molecule has 1 saturated carbocycles. The van der Waals surface area contributed by atoms with Gasteiger partial charge >= 0.3 is 0 Å². The number of aromatic nitrogens is 1. The third-order valence-corrected chi connectivity index (χ3v) is 7.88. The summed E-state index contributed by atoms with van der Waals surface area (Å²) in [5, 5.41) is 19.7. The van der Waals surface area contributed by atoms with E-state index < -0.39 is 5.60 Å². The number of benzene rings is 1. The first kappa shape index (κ1) is 21.3. The van der Waals surface area contributed by atoms with Crippen molar-refractivity contribution in [3.63, 3.8) is 0 Å². The van der Waals surface area contributed by atoms with Crippen LogP contribution in [-0.2, 0) is 16.9 Å². The third-order valence-electron chi connectivity index (χ3n) is 6.83. The van der Waals surface area contributed by atoms with Crippen molar-refractivity contribution in [2.24, 2.45) is 11.8 Å². The van der Waals surface area contributed by atoms with Crippen LogP contribution in [-0.4, -0.2) is 52.7 Å². The molecule has 30 heavy (non-hydrogen) atoms. The first-order valence-corrected chi connectivity index (χ1v) is 11.7. The number of thiazole rings is 1. The second-order valence-electron chi connectivity index (χ2n) is 8.65. The zero-order valence-electron chi connectivity index (χ0n) is 17.3. The Morgan fingerprint density at radius 2 is 1.90 bits per heavy atom. The molecule has 2 aliphatic heterocycles. The zero-order valence-corrected chi connectivity index (χ0v) is 18.1. The van der Waals surface area contributed by atoms with Gasteiger partial charge in [0, 0.05) is 49.7 Å². The minimum absolute atomic E-state index is 0.250. The fraction of sp³-hybridized carbons (Fsp3) is 0.565. The van der Waals surface area contributed by atoms with Gasteiger partial charge in [0.05, 0.1) is 5.60 Å². The summed E-state index contributed by atoms with van der Waals surface area (Å²) in [5.41, 5.74) is 0.448. The first-order chi connectivity index (χ1) is 14.6. The van der Waals surface area contributed by atoms with Gasteiger partial charge in [0.25, 0.3) is 6.47 Å². The Morgan fingerprint density at radius 1 is 1.17 bits per heavy atom. The SMILES string of the molecule is O=CO.O[C@@]1(c2ccccc2)CCC[C@H]2CN(Cc3cnc(N4CCCC4)s3)C[C@H]21. The molecule has 3 fully saturated rings. The van der Waals surface area contributed by atoms with Gasteiger partial charge in [-0.15, -0.1) is 11.3 Å². The minimum atomic E-state index is -0.659. The van der Waals surface area contributed by atoms with Crippen molar-refractivity contribution in [1.29, 1.82) is 0 Å². The van der Waals surface area contributed by atoms with Crippen LogP contribution in [0.4, 0.5) is 5.13 Å². The van der Waals surface area contributed by atoms with Crippen LogP contribution in [0, 0.1) is 11.8 Å². The monoisotopic (exact) mass is 429 g/mol. The molecule has 2 saturated heterocycles. The molecule has 1 aliphatic carbocycles. The zero-order chi connectivity index (χ0) is 21.0. The predicted octanol–water partition coefficient (Wildman–Crippen LogP) is 3.56. The molecule has 3 heterocycles. The van der Waals surface area contributed by atoms with Crippen LogP contribution >= 0.6 is 11.3 Å². The van der Waals surface area contributed by atoms with E-state index in [0.717, 1.165) is 51.1 Å². The quantitative estimate of drug-likeness (QED) is 0.724. The molecule has 6 nitrogen and oxygen atoms in total. The molecule has 0 bridgehead atoms. The molecule has 0 spiro atoms. The molecule has 2 aromatic rings. The number of anilines is 1. The van der Waals surface area contributed by atoms with Crippen LogP contribution < -0.4 is 4.90 Å². The van der Waals surface area contributed by atoms with Crippen LogP contribution in [0.3, 0.4) is 0 Å². The van der Waals surface area contributed by atoms with Gasteiger partial charge in [-0.25, -0.2) is 4.98 Å². The molecule has 0 radical (unpaired) electrons. The van der Waals surface area contributed by atoms with Gasteiger partial charge in [-0.2, -0.15) is 0 Å². The second-order valence-corrected chi connectivity index (χ2v) is 9.75. The largest absolute Gasteiger partial charge is 0.483 e. The van der Waals surface area contributed by atoms with Crippen molar-refractivity contribution in [3.8, 4) is 0 Å². The number of carbonyl (C=O) groups is 1. The molecule has 1 aromatic heterocycles. The molecule has 0 amide bonds. The smallest absolute Gasteiger partial charge is 0.290 e. The molecule has 0 unspecified atom stereocenters. The Hall–Kier alpha value is -1.96. The number of fused-ring (bicyclic) bond motifs is 1. The molecule has 5 rings (SSSR count). The maximum absolute atomic E-state index is 11.6. The molecule has 3 aliphatic rings. The van der Waals surface area contributed by atoms with Crippen LogP contribution in [0.2, 0.25) is 0 Å². The van der Waals surface area contributed by atoms with E-state index in [1.807, 2.05) is 17.4 Å². The highest BCUT2D eigenvalue weighted by Gasteiger charge is 2.49. The Bertz CT molecular complexity index is 824. The lowest BCUT2D eigenvalue weighted by Gasteiger charge is -2.41. The predicted molar refractivity (Wildman–Crippen MR) is 119 cm³/mol. The van der Waals surface area contributed by atoms with Gasteiger partial charge in [0.2, 0.25) is 0 Å². The van der Waals surface area contributed by atoms with Gasteiger partial charge in [-0.05, 0) is 43.6 Å². The first-order valence-electron chi connectivity index (χ1n) is 10.9. The second kappa shape index (κ2) is 9.45. The van der Waals surface area contributed by atoms with Gasteiger partial charge in [0.15, 0.2) is 5.13 Å². The molecule has 162 valence electrons. The van der Waals surface area contributed by atoms with Crippen LogP contribution in [0.5, 0.6) is 0 Å². The van der Waals surface area contributed by atoms with E-state index in [2.05, 4.69) is 45.2 Å². The van der Waals surface area contributed by atoms with Gasteiger partial charge < -0.3 is 15.1 Å². The summed E-state index contributed by atoms with van der Waals surface area (Å²) in [6.07, 6.45) is 7.93. The minimum Gasteiger partial charge on any atom is -0.483 e. The summed E-state index contributed by atoms with van der Waals surface area (Å²) in [6, 6.07) is 10.4. The van der Waals surface area contributed by atoms with Crippen molar-refractivity contribution < 1.29 is 15.0 Å². The number of aliphatic hydroxyl groups is 1. The fourth-order valence-electron chi connectivity index (χ4n) is 5.47. The van der Waals surface area contributed by atoms with Crippen molar-refractivity contribution in [1.82, 2.24) is 9.88 Å². The number of rotatable bonds is 4. The van der Waals surface area contributed by atoms with Crippen LogP contribution in [0.25, 0.3) is 0 Å². The van der Waals surface area contributed by atoms with Gasteiger partial charge in [-0.1, -0.05) is 30.3 Å². The molecule has 1 aromatic carbocycles. The summed E-state index contributed by atoms with van der Waals surface area (Å²) in [6.45, 7) is 5.14. The van der Waals surface area contributed by atoms with Crippen molar-refractivity contribution in [2.75, 3.05) is 31.1 Å². The fourth-order valence-corrected chi connectivity index (χ4v) is 6.48. The summed E-state index contributed by atoms with van der Waals surface area (Å²) < 4.78 is 0. The Morgan fingerprint density at radius 3 is 2.63 bits per heavy atom. The standard InChI is InChI=1S/C22H29N3OS.CH2O2/c26-22(18-8-2-1-3-9-18)10-6-7-17-14-24(16-20(17)22)15-19-13-23-21(27-19)25-11-4-5-12-25;2-1-3/h1-3,8-9,13,17,20,26H,4-7,10-12,14-16H2;1H,(H,2,3)/t17-,20+,22+;/m0./s1. The molecular formula is C23H31N3O3S. The van der Waals surface area contributed by atoms with Gasteiger partial charge in [0.1, 0.15) is 0 Å². The molecule has 2 N–H and O–H groups in total. The highest BCUT2D eigenvalue weighted by atomic mass is 32.1. The number of nitrogens with zero attached hydrogens (tertiary/aromatic N) is 3. The summed E-state index contributed by atoms with van der Waals surface area (Å²) in [4.78, 5) is 19.4. The maximum atomic E-state index is 11.6. The van der Waals surface area contributed by atoms with Gasteiger partial charge in [-0.3, -0.25) is 9.69 Å². The summed E-state index contributed by atoms with van der Waals surface area (Å²) >= 11 is 1.86. The summed E-state index contributed by atoms with van der Waals surface area (Å²) in [7, 11) is 0. The highest BCUT2D eigenvalue weighted by Crippen LogP contribution is 2.48. The number of carboxylic acid groups (broad SMARTS) is 1. The van der Waals surface area contributed by atoms with Crippen molar-refractivity contribution >= 4 is 22.9 Å². The maximum Gasteiger partial charge on any atom is 0.290 e.